The van der Waals surface area contributed by atoms with Crippen LogP contribution in [0.2, 0.25) is 0 Å². The van der Waals surface area contributed by atoms with Crippen molar-refractivity contribution in [3.8, 4) is 0 Å². The van der Waals surface area contributed by atoms with E-state index in [2.05, 4.69) is 10.1 Å². The number of carbonyl (C=O) groups is 1. The molecule has 0 fully saturated rings. The zero-order chi connectivity index (χ0) is 17.5. The molecule has 0 radical (unpaired) electrons. The predicted octanol–water partition coefficient (Wildman–Crippen LogP) is 3.85. The average molecular weight is 336 g/mol. The molecule has 3 aromatic rings. The highest BCUT2D eigenvalue weighted by atomic mass is 16.6. The van der Waals surface area contributed by atoms with Gasteiger partial charge in [0.15, 0.2) is 5.71 Å². The Morgan fingerprint density at radius 2 is 1.84 bits per heavy atom. The largest absolute Gasteiger partial charge is 0.461 e. The van der Waals surface area contributed by atoms with Crippen LogP contribution in [-0.2, 0) is 27.4 Å². The fourth-order valence-corrected chi connectivity index (χ4v) is 2.57. The minimum Gasteiger partial charge on any atom is -0.461 e. The van der Waals surface area contributed by atoms with Crippen molar-refractivity contribution in [2.24, 2.45) is 5.16 Å². The van der Waals surface area contributed by atoms with Gasteiger partial charge in [-0.3, -0.25) is 0 Å². The van der Waals surface area contributed by atoms with Crippen molar-refractivity contribution in [2.75, 3.05) is 6.61 Å². The first-order chi connectivity index (χ1) is 12.3. The number of aromatic amines is 1. The van der Waals surface area contributed by atoms with Crippen molar-refractivity contribution >= 4 is 22.6 Å². The molecule has 5 heteroatoms. The second-order valence-electron chi connectivity index (χ2n) is 5.55. The van der Waals surface area contributed by atoms with Gasteiger partial charge in [0.2, 0.25) is 0 Å². The number of H-pyrrole nitrogens is 1. The van der Waals surface area contributed by atoms with Gasteiger partial charge in [0.1, 0.15) is 6.61 Å². The molecule has 0 spiro atoms. The first-order valence-electron chi connectivity index (χ1n) is 8.22. The van der Waals surface area contributed by atoms with E-state index in [-0.39, 0.29) is 5.71 Å². The normalized spacial score (nSPS) is 11.5. The van der Waals surface area contributed by atoms with Gasteiger partial charge in [0, 0.05) is 23.5 Å². The van der Waals surface area contributed by atoms with Gasteiger partial charge < -0.3 is 14.6 Å². The molecular formula is C20H20N2O3. The lowest BCUT2D eigenvalue weighted by Gasteiger charge is -2.06. The maximum Gasteiger partial charge on any atom is 0.356 e. The van der Waals surface area contributed by atoms with Crippen molar-refractivity contribution in [1.82, 2.24) is 4.98 Å². The van der Waals surface area contributed by atoms with E-state index in [1.165, 1.54) is 0 Å². The van der Waals surface area contributed by atoms with Crippen molar-refractivity contribution in [2.45, 2.75) is 20.0 Å². The van der Waals surface area contributed by atoms with Crippen LogP contribution in [0.1, 0.15) is 18.1 Å². The molecule has 0 aliphatic heterocycles. The molecule has 1 aromatic heterocycles. The summed E-state index contributed by atoms with van der Waals surface area (Å²) < 4.78 is 5.11. The zero-order valence-corrected chi connectivity index (χ0v) is 14.1. The van der Waals surface area contributed by atoms with Gasteiger partial charge in [-0.25, -0.2) is 4.79 Å². The van der Waals surface area contributed by atoms with Crippen LogP contribution in [-0.4, -0.2) is 23.3 Å². The number of carbonyl (C=O) groups excluding carboxylic acids is 1. The maximum atomic E-state index is 12.2. The Hall–Kier alpha value is -3.08. The van der Waals surface area contributed by atoms with E-state index < -0.39 is 5.97 Å². The molecule has 0 amide bonds. The summed E-state index contributed by atoms with van der Waals surface area (Å²) in [7, 11) is 0. The third-order valence-electron chi connectivity index (χ3n) is 3.79. The van der Waals surface area contributed by atoms with Crippen LogP contribution in [0.3, 0.4) is 0 Å². The number of fused-ring (bicyclic) bond motifs is 1. The number of hydrogen-bond acceptors (Lipinski definition) is 4. The quantitative estimate of drug-likeness (QED) is 0.405. The lowest BCUT2D eigenvalue weighted by atomic mass is 10.1. The Morgan fingerprint density at radius 3 is 2.64 bits per heavy atom. The number of esters is 1. The predicted molar refractivity (Wildman–Crippen MR) is 97.3 cm³/mol. The van der Waals surface area contributed by atoms with Crippen LogP contribution < -0.4 is 0 Å². The average Bonchev–Trinajstić information content (AvgIpc) is 3.05. The Kier molecular flexibility index (Phi) is 5.46. The number of hydrogen-bond donors (Lipinski definition) is 1. The summed E-state index contributed by atoms with van der Waals surface area (Å²) in [5.41, 5.74) is 3.24. The van der Waals surface area contributed by atoms with Crippen molar-refractivity contribution < 1.29 is 14.4 Å². The van der Waals surface area contributed by atoms with E-state index in [1.807, 2.05) is 60.8 Å². The first kappa shape index (κ1) is 16.8. The molecule has 2 aromatic carbocycles. The van der Waals surface area contributed by atoms with E-state index in [9.17, 15) is 4.79 Å². The van der Waals surface area contributed by atoms with E-state index in [0.717, 1.165) is 22.0 Å². The highest BCUT2D eigenvalue weighted by Crippen LogP contribution is 2.19. The Balaban J connectivity index is 1.77. The third kappa shape index (κ3) is 4.26. The summed E-state index contributed by atoms with van der Waals surface area (Å²) in [6.07, 6.45) is 2.23. The second-order valence-corrected chi connectivity index (χ2v) is 5.55. The highest BCUT2D eigenvalue weighted by molar-refractivity contribution is 6.37. The van der Waals surface area contributed by atoms with E-state index in [4.69, 9.17) is 9.57 Å². The molecule has 0 aliphatic rings. The van der Waals surface area contributed by atoms with Gasteiger partial charge in [-0.2, -0.15) is 0 Å². The van der Waals surface area contributed by atoms with Crippen molar-refractivity contribution in [3.63, 3.8) is 0 Å². The molecule has 5 nitrogen and oxygen atoms in total. The fourth-order valence-electron chi connectivity index (χ4n) is 2.57. The van der Waals surface area contributed by atoms with Gasteiger partial charge >= 0.3 is 5.97 Å². The van der Waals surface area contributed by atoms with Crippen LogP contribution >= 0.6 is 0 Å². The third-order valence-corrected chi connectivity index (χ3v) is 3.79. The maximum absolute atomic E-state index is 12.2. The Bertz CT molecular complexity index is 869. The molecule has 128 valence electrons. The lowest BCUT2D eigenvalue weighted by Crippen LogP contribution is -2.20. The summed E-state index contributed by atoms with van der Waals surface area (Å²) in [6, 6.07) is 17.6. The van der Waals surface area contributed by atoms with Gasteiger partial charge in [0.25, 0.3) is 0 Å². The topological polar surface area (TPSA) is 63.7 Å². The van der Waals surface area contributed by atoms with Gasteiger partial charge in [-0.1, -0.05) is 53.7 Å². The van der Waals surface area contributed by atoms with Crippen LogP contribution in [0.25, 0.3) is 10.9 Å². The monoisotopic (exact) mass is 336 g/mol. The molecule has 0 saturated heterocycles. The highest BCUT2D eigenvalue weighted by Gasteiger charge is 2.17. The van der Waals surface area contributed by atoms with Gasteiger partial charge in [-0.15, -0.1) is 0 Å². The smallest absolute Gasteiger partial charge is 0.356 e. The van der Waals surface area contributed by atoms with Crippen LogP contribution in [0, 0.1) is 0 Å². The number of para-hydroxylation sites is 1. The Morgan fingerprint density at radius 1 is 1.08 bits per heavy atom. The lowest BCUT2D eigenvalue weighted by molar-refractivity contribution is -0.135. The van der Waals surface area contributed by atoms with E-state index >= 15 is 0 Å². The number of aromatic nitrogens is 1. The van der Waals surface area contributed by atoms with Crippen molar-refractivity contribution in [3.05, 3.63) is 71.9 Å². The molecule has 1 heterocycles. The number of nitrogens with zero attached hydrogens (tertiary/aromatic N) is 1. The van der Waals surface area contributed by atoms with E-state index in [0.29, 0.717) is 19.6 Å². The number of benzene rings is 2. The fraction of sp³-hybridized carbons (Fsp3) is 0.200. The summed E-state index contributed by atoms with van der Waals surface area (Å²) in [4.78, 5) is 20.8. The van der Waals surface area contributed by atoms with E-state index in [1.54, 1.807) is 6.92 Å². The SMILES string of the molecule is CCOC(=O)/C(Cc1c[nH]c2ccccc12)=N/OCc1ccccc1. The summed E-state index contributed by atoms with van der Waals surface area (Å²) in [5.74, 6) is -0.458. The summed E-state index contributed by atoms with van der Waals surface area (Å²) in [5, 5.41) is 5.11. The number of rotatable bonds is 7. The van der Waals surface area contributed by atoms with Crippen molar-refractivity contribution in [1.29, 1.82) is 0 Å². The zero-order valence-electron chi connectivity index (χ0n) is 14.1. The molecular weight excluding hydrogens is 316 g/mol. The number of oxime groups is 1. The summed E-state index contributed by atoms with van der Waals surface area (Å²) in [6.45, 7) is 2.37. The van der Waals surface area contributed by atoms with Gasteiger partial charge in [-0.05, 0) is 24.1 Å². The standard InChI is InChI=1S/C20H20N2O3/c1-2-24-20(23)19(22-25-14-15-8-4-3-5-9-15)12-16-13-21-18-11-7-6-10-17(16)18/h3-11,13,21H,2,12,14H2,1H3/b22-19+. The molecule has 0 atom stereocenters. The minimum absolute atomic E-state index is 0.252. The molecule has 1 N–H and O–H groups in total. The summed E-state index contributed by atoms with van der Waals surface area (Å²) >= 11 is 0. The van der Waals surface area contributed by atoms with Gasteiger partial charge in [0.05, 0.1) is 6.61 Å². The van der Waals surface area contributed by atoms with Crippen LogP contribution in [0.5, 0.6) is 0 Å². The second kappa shape index (κ2) is 8.15. The molecule has 0 saturated carbocycles. The Labute approximate surface area is 146 Å². The molecule has 0 unspecified atom stereocenters. The molecule has 0 bridgehead atoms. The first-order valence-corrected chi connectivity index (χ1v) is 8.22. The minimum atomic E-state index is -0.458. The number of ether oxygens (including phenoxy) is 1. The molecule has 3 rings (SSSR count). The molecule has 25 heavy (non-hydrogen) atoms. The number of nitrogens with one attached hydrogen (secondary N) is 1. The van der Waals surface area contributed by atoms with Crippen LogP contribution in [0.4, 0.5) is 0 Å². The molecule has 0 aliphatic carbocycles. The van der Waals surface area contributed by atoms with Crippen LogP contribution in [0.15, 0.2) is 65.9 Å².